The van der Waals surface area contributed by atoms with Crippen molar-refractivity contribution in [2.75, 3.05) is 7.05 Å². The Hall–Kier alpha value is -1.06. The van der Waals surface area contributed by atoms with Crippen molar-refractivity contribution >= 4 is 12.3 Å². The van der Waals surface area contributed by atoms with Gasteiger partial charge in [-0.05, 0) is 6.42 Å². The van der Waals surface area contributed by atoms with E-state index in [1.165, 1.54) is 13.3 Å². The van der Waals surface area contributed by atoms with Gasteiger partial charge in [-0.3, -0.25) is 4.84 Å². The summed E-state index contributed by atoms with van der Waals surface area (Å²) in [5.41, 5.74) is 0. The van der Waals surface area contributed by atoms with Crippen LogP contribution in [0.3, 0.4) is 0 Å². The van der Waals surface area contributed by atoms with Crippen molar-refractivity contribution in [3.8, 4) is 0 Å². The minimum Gasteiger partial charge on any atom is -0.323 e. The van der Waals surface area contributed by atoms with Gasteiger partial charge in [0.05, 0.1) is 0 Å². The summed E-state index contributed by atoms with van der Waals surface area (Å²) in [7, 11) is 1.48. The smallest absolute Gasteiger partial charge is 0.323 e. The summed E-state index contributed by atoms with van der Waals surface area (Å²) < 4.78 is 0. The highest BCUT2D eigenvalue weighted by Gasteiger charge is 1.90. The van der Waals surface area contributed by atoms with Gasteiger partial charge in [-0.15, -0.1) is 0 Å². The molecular formula is C5H10N2O2. The molecule has 0 heterocycles. The summed E-state index contributed by atoms with van der Waals surface area (Å²) >= 11 is 0. The Morgan fingerprint density at radius 2 is 2.56 bits per heavy atom. The molecule has 0 saturated carbocycles. The second-order valence-corrected chi connectivity index (χ2v) is 1.32. The molecule has 0 aromatic carbocycles. The number of nitrogens with zero attached hydrogens (tertiary/aromatic N) is 1. The molecule has 0 aliphatic rings. The Bertz CT molecular complexity index is 112. The quantitative estimate of drug-likeness (QED) is 0.340. The lowest BCUT2D eigenvalue weighted by Crippen LogP contribution is -2.16. The van der Waals surface area contributed by atoms with E-state index >= 15 is 0 Å². The molecule has 1 amide bonds. The average molecular weight is 130 g/mol. The van der Waals surface area contributed by atoms with Crippen LogP contribution in [0.25, 0.3) is 0 Å². The van der Waals surface area contributed by atoms with E-state index in [0.717, 1.165) is 6.42 Å². The molecule has 0 bridgehead atoms. The van der Waals surface area contributed by atoms with Crippen LogP contribution in [-0.4, -0.2) is 19.4 Å². The van der Waals surface area contributed by atoms with Crippen LogP contribution in [0.2, 0.25) is 0 Å². The predicted octanol–water partition coefficient (Wildman–Crippen LogP) is 0.738. The second kappa shape index (κ2) is 5.08. The standard InChI is InChI=1S/C5H10N2O2/c1-3-4-7-9-5(8)6-2/h4H,3H2,1-2H3,(H,6,8)/b7-4+. The van der Waals surface area contributed by atoms with Crippen LogP contribution in [0.4, 0.5) is 4.79 Å². The summed E-state index contributed by atoms with van der Waals surface area (Å²) in [4.78, 5) is 14.5. The van der Waals surface area contributed by atoms with Crippen molar-refractivity contribution in [2.24, 2.45) is 5.16 Å². The molecule has 0 rings (SSSR count). The van der Waals surface area contributed by atoms with Gasteiger partial charge in [-0.1, -0.05) is 12.1 Å². The molecule has 0 spiro atoms. The molecule has 0 aromatic heterocycles. The lowest BCUT2D eigenvalue weighted by molar-refractivity contribution is 0.153. The monoisotopic (exact) mass is 130 g/mol. The number of hydrogen-bond donors (Lipinski definition) is 1. The normalized spacial score (nSPS) is 9.56. The number of carbonyl (C=O) groups is 1. The average Bonchev–Trinajstić information content (AvgIpc) is 1.89. The van der Waals surface area contributed by atoms with Crippen LogP contribution >= 0.6 is 0 Å². The highest BCUT2D eigenvalue weighted by atomic mass is 16.7. The number of oxime groups is 1. The van der Waals surface area contributed by atoms with E-state index < -0.39 is 6.09 Å². The Morgan fingerprint density at radius 3 is 3.00 bits per heavy atom. The van der Waals surface area contributed by atoms with E-state index in [1.54, 1.807) is 0 Å². The van der Waals surface area contributed by atoms with Gasteiger partial charge in [0.15, 0.2) is 0 Å². The van der Waals surface area contributed by atoms with Gasteiger partial charge in [-0.25, -0.2) is 4.79 Å². The third kappa shape index (κ3) is 4.80. The van der Waals surface area contributed by atoms with Gasteiger partial charge in [0, 0.05) is 13.3 Å². The maximum Gasteiger partial charge on any atom is 0.433 e. The lowest BCUT2D eigenvalue weighted by Gasteiger charge is -1.91. The number of rotatable bonds is 2. The summed E-state index contributed by atoms with van der Waals surface area (Å²) in [6.07, 6.45) is 1.73. The topological polar surface area (TPSA) is 50.7 Å². The molecule has 0 unspecified atom stereocenters. The zero-order valence-electron chi connectivity index (χ0n) is 5.55. The van der Waals surface area contributed by atoms with Crippen LogP contribution < -0.4 is 5.32 Å². The van der Waals surface area contributed by atoms with E-state index in [4.69, 9.17) is 0 Å². The fourth-order valence-corrected chi connectivity index (χ4v) is 0.205. The van der Waals surface area contributed by atoms with Crippen molar-refractivity contribution in [2.45, 2.75) is 13.3 Å². The van der Waals surface area contributed by atoms with Crippen molar-refractivity contribution in [3.63, 3.8) is 0 Å². The van der Waals surface area contributed by atoms with Gasteiger partial charge in [0.1, 0.15) is 0 Å². The third-order valence-corrected chi connectivity index (χ3v) is 0.597. The van der Waals surface area contributed by atoms with Crippen LogP contribution in [0.5, 0.6) is 0 Å². The molecule has 52 valence electrons. The maximum atomic E-state index is 10.2. The first-order valence-corrected chi connectivity index (χ1v) is 2.71. The molecule has 4 nitrogen and oxygen atoms in total. The molecule has 0 atom stereocenters. The fourth-order valence-electron chi connectivity index (χ4n) is 0.205. The first-order valence-electron chi connectivity index (χ1n) is 2.71. The molecule has 4 heteroatoms. The SMILES string of the molecule is CC/C=N/OC(=O)NC. The molecule has 0 saturated heterocycles. The highest BCUT2D eigenvalue weighted by molar-refractivity contribution is 5.67. The minimum absolute atomic E-state index is 0.542. The zero-order valence-corrected chi connectivity index (χ0v) is 5.55. The zero-order chi connectivity index (χ0) is 7.11. The molecule has 0 aliphatic heterocycles. The first-order chi connectivity index (χ1) is 4.31. The lowest BCUT2D eigenvalue weighted by atomic mass is 10.6. The molecule has 0 fully saturated rings. The first kappa shape index (κ1) is 7.94. The Balaban J connectivity index is 3.26. The summed E-state index contributed by atoms with van der Waals surface area (Å²) in [6, 6.07) is 0. The van der Waals surface area contributed by atoms with E-state index in [9.17, 15) is 4.79 Å². The van der Waals surface area contributed by atoms with Crippen LogP contribution in [0, 0.1) is 0 Å². The largest absolute Gasteiger partial charge is 0.433 e. The number of carbonyl (C=O) groups excluding carboxylic acids is 1. The fraction of sp³-hybridized carbons (Fsp3) is 0.600. The van der Waals surface area contributed by atoms with Crippen molar-refractivity contribution in [1.29, 1.82) is 0 Å². The highest BCUT2D eigenvalue weighted by Crippen LogP contribution is 1.76. The molecule has 9 heavy (non-hydrogen) atoms. The van der Waals surface area contributed by atoms with Crippen molar-refractivity contribution < 1.29 is 9.63 Å². The van der Waals surface area contributed by atoms with Gasteiger partial charge in [-0.2, -0.15) is 0 Å². The van der Waals surface area contributed by atoms with Crippen molar-refractivity contribution in [3.05, 3.63) is 0 Å². The minimum atomic E-state index is -0.542. The predicted molar refractivity (Wildman–Crippen MR) is 34.3 cm³/mol. The molecule has 1 N–H and O–H groups in total. The third-order valence-electron chi connectivity index (χ3n) is 0.597. The summed E-state index contributed by atoms with van der Waals surface area (Å²) in [5, 5.41) is 5.57. The Morgan fingerprint density at radius 1 is 1.89 bits per heavy atom. The van der Waals surface area contributed by atoms with E-state index in [1.807, 2.05) is 6.92 Å². The van der Waals surface area contributed by atoms with E-state index in [0.29, 0.717) is 0 Å². The van der Waals surface area contributed by atoms with Crippen molar-refractivity contribution in [1.82, 2.24) is 5.32 Å². The van der Waals surface area contributed by atoms with Gasteiger partial charge in [0.25, 0.3) is 0 Å². The molecule has 0 aliphatic carbocycles. The van der Waals surface area contributed by atoms with E-state index in [2.05, 4.69) is 15.3 Å². The van der Waals surface area contributed by atoms with Crippen LogP contribution in [-0.2, 0) is 4.84 Å². The maximum absolute atomic E-state index is 10.2. The van der Waals surface area contributed by atoms with Gasteiger partial charge >= 0.3 is 6.09 Å². The molecule has 0 radical (unpaired) electrons. The van der Waals surface area contributed by atoms with Gasteiger partial charge in [0.2, 0.25) is 0 Å². The summed E-state index contributed by atoms with van der Waals surface area (Å²) in [5.74, 6) is 0. The Labute approximate surface area is 53.9 Å². The van der Waals surface area contributed by atoms with Gasteiger partial charge < -0.3 is 5.32 Å². The second-order valence-electron chi connectivity index (χ2n) is 1.32. The molecular weight excluding hydrogens is 120 g/mol. The van der Waals surface area contributed by atoms with Crippen LogP contribution in [0.1, 0.15) is 13.3 Å². The number of nitrogens with one attached hydrogen (secondary N) is 1. The summed E-state index contributed by atoms with van der Waals surface area (Å²) in [6.45, 7) is 1.90. The molecule has 0 aromatic rings. The number of amides is 1. The van der Waals surface area contributed by atoms with Crippen LogP contribution in [0.15, 0.2) is 5.16 Å². The number of hydrogen-bond acceptors (Lipinski definition) is 3. The Kier molecular flexibility index (Phi) is 4.49. The van der Waals surface area contributed by atoms with E-state index in [-0.39, 0.29) is 0 Å².